The van der Waals surface area contributed by atoms with Gasteiger partial charge in [0.1, 0.15) is 48.7 Å². The minimum absolute atomic E-state index is 0.134. The minimum Gasteiger partial charge on any atom is -0.395 e. The highest BCUT2D eigenvalue weighted by atomic mass is 16.5. The molecule has 0 aliphatic carbocycles. The lowest BCUT2D eigenvalue weighted by molar-refractivity contribution is -0.217. The molecule has 11 atom stereocenters. The molecule has 47 heavy (non-hydrogen) atoms. The van der Waals surface area contributed by atoms with Gasteiger partial charge in [-0.25, -0.2) is 0 Å². The molecule has 14 nitrogen and oxygen atoms in total. The number of aliphatic hydroxyl groups excluding tert-OH is 7. The third kappa shape index (κ3) is 9.47. The van der Waals surface area contributed by atoms with Crippen molar-refractivity contribution in [1.29, 1.82) is 0 Å². The number of unbranched alkanes of at least 4 members (excludes halogenated alkanes) is 1. The summed E-state index contributed by atoms with van der Waals surface area (Å²) in [6.07, 6.45) is -6.84. The molecule has 268 valence electrons. The van der Waals surface area contributed by atoms with Gasteiger partial charge in [-0.15, -0.1) is 0 Å². The fourth-order valence-corrected chi connectivity index (χ4v) is 6.91. The number of likely N-dealkylation sites (tertiary alicyclic amines) is 2. The second kappa shape index (κ2) is 18.5. The molecule has 2 aliphatic rings. The summed E-state index contributed by atoms with van der Waals surface area (Å²) in [4.78, 5) is 29.1. The Bertz CT molecular complexity index is 1100. The number of aryl methyl sites for hydroxylation is 1. The molecule has 9 N–H and O–H groups in total. The molecule has 1 aromatic carbocycles. The number of piperidine rings is 2. The fraction of sp³-hybridized carbons (Fsp3) is 0.758. The molecular weight excluding hydrogens is 612 g/mol. The van der Waals surface area contributed by atoms with Crippen molar-refractivity contribution in [2.75, 3.05) is 40.4 Å². The second-order valence-corrected chi connectivity index (χ2v) is 13.1. The van der Waals surface area contributed by atoms with Crippen molar-refractivity contribution in [2.45, 2.75) is 113 Å². The van der Waals surface area contributed by atoms with Crippen LogP contribution in [0.1, 0.15) is 45.1 Å². The lowest BCUT2D eigenvalue weighted by Gasteiger charge is -2.51. The van der Waals surface area contributed by atoms with Crippen molar-refractivity contribution in [3.8, 4) is 0 Å². The number of benzene rings is 1. The number of likely N-dealkylation sites (N-methyl/N-ethyl adjacent to an activating group) is 2. The fourth-order valence-electron chi connectivity index (χ4n) is 6.91. The van der Waals surface area contributed by atoms with Gasteiger partial charge in [-0.2, -0.15) is 0 Å². The molecule has 2 saturated heterocycles. The largest absolute Gasteiger partial charge is 0.395 e. The Kier molecular flexibility index (Phi) is 15.4. The first-order chi connectivity index (χ1) is 22.4. The first-order valence-corrected chi connectivity index (χ1v) is 16.7. The van der Waals surface area contributed by atoms with Crippen LogP contribution in [0.5, 0.6) is 0 Å². The van der Waals surface area contributed by atoms with Crippen molar-refractivity contribution in [3.63, 3.8) is 0 Å². The molecular formula is C33H56N4O10. The molecule has 0 radical (unpaired) electrons. The molecule has 11 unspecified atom stereocenters. The summed E-state index contributed by atoms with van der Waals surface area (Å²) in [6.45, 7) is 3.03. The zero-order chi connectivity index (χ0) is 34.8. The zero-order valence-electron chi connectivity index (χ0n) is 27.9. The number of carbonyl (C=O) groups excluding carboxylic acids is 2. The van der Waals surface area contributed by atoms with E-state index < -0.39 is 91.9 Å². The van der Waals surface area contributed by atoms with E-state index in [1.54, 1.807) is 4.90 Å². The summed E-state index contributed by atoms with van der Waals surface area (Å²) in [5, 5.41) is 80.9. The molecule has 2 amide bonds. The van der Waals surface area contributed by atoms with Crippen LogP contribution in [0.3, 0.4) is 0 Å². The van der Waals surface area contributed by atoms with Crippen LogP contribution < -0.4 is 10.6 Å². The molecule has 2 aliphatic heterocycles. The Balaban J connectivity index is 1.88. The summed E-state index contributed by atoms with van der Waals surface area (Å²) in [7, 11) is 2.81. The number of amides is 2. The van der Waals surface area contributed by atoms with Gasteiger partial charge in [0, 0.05) is 20.6 Å². The number of nitrogens with one attached hydrogen (secondary N) is 2. The molecule has 3 rings (SSSR count). The Hall–Kier alpha value is -2.24. The molecule has 2 fully saturated rings. The lowest BCUT2D eigenvalue weighted by Crippen LogP contribution is -2.72. The van der Waals surface area contributed by atoms with Crippen LogP contribution in [0, 0.1) is 5.92 Å². The topological polar surface area (TPSA) is 216 Å². The Morgan fingerprint density at radius 3 is 1.89 bits per heavy atom. The normalized spacial score (nSPS) is 32.7. The maximum absolute atomic E-state index is 13.2. The number of carbonyl (C=O) groups is 2. The van der Waals surface area contributed by atoms with Crippen LogP contribution in [-0.4, -0.2) is 165 Å². The van der Waals surface area contributed by atoms with Gasteiger partial charge < -0.3 is 51.1 Å². The van der Waals surface area contributed by atoms with Crippen LogP contribution in [0.2, 0.25) is 0 Å². The maximum Gasteiger partial charge on any atom is 0.239 e. The summed E-state index contributed by atoms with van der Waals surface area (Å²) in [5.41, 5.74) is 1.17. The van der Waals surface area contributed by atoms with Gasteiger partial charge in [0.15, 0.2) is 0 Å². The monoisotopic (exact) mass is 668 g/mol. The summed E-state index contributed by atoms with van der Waals surface area (Å²) < 4.78 is 6.41. The highest BCUT2D eigenvalue weighted by molar-refractivity contribution is 5.83. The minimum atomic E-state index is -1.69. The van der Waals surface area contributed by atoms with Crippen molar-refractivity contribution in [2.24, 2.45) is 5.92 Å². The van der Waals surface area contributed by atoms with Crippen molar-refractivity contribution < 1.29 is 50.1 Å². The van der Waals surface area contributed by atoms with Gasteiger partial charge in [0.2, 0.25) is 11.8 Å². The predicted octanol–water partition coefficient (Wildman–Crippen LogP) is -2.41. The van der Waals surface area contributed by atoms with Gasteiger partial charge in [0.25, 0.3) is 0 Å². The molecule has 0 aromatic heterocycles. The number of aliphatic hydroxyl groups is 7. The first kappa shape index (κ1) is 39.2. The van der Waals surface area contributed by atoms with E-state index in [2.05, 4.69) is 10.6 Å². The average Bonchev–Trinajstić information content (AvgIpc) is 3.06. The van der Waals surface area contributed by atoms with E-state index in [-0.39, 0.29) is 12.5 Å². The van der Waals surface area contributed by atoms with E-state index in [1.807, 2.05) is 44.2 Å². The highest BCUT2D eigenvalue weighted by Crippen LogP contribution is 2.31. The Morgan fingerprint density at radius 2 is 1.34 bits per heavy atom. The van der Waals surface area contributed by atoms with E-state index in [0.717, 1.165) is 12.8 Å². The molecule has 1 aromatic rings. The van der Waals surface area contributed by atoms with Crippen LogP contribution in [0.25, 0.3) is 0 Å². The molecule has 0 saturated carbocycles. The van der Waals surface area contributed by atoms with Crippen LogP contribution >= 0.6 is 0 Å². The van der Waals surface area contributed by atoms with E-state index in [0.29, 0.717) is 25.8 Å². The maximum atomic E-state index is 13.2. The van der Waals surface area contributed by atoms with Crippen molar-refractivity contribution >= 4 is 11.8 Å². The molecule has 2 heterocycles. The SMILES string of the molecule is CNC(=O)C1C(O)C(O)C(O)C(CO)N1CC(CCC(C)C)OC1C(O)C(CO)N(CCCCc2ccccc2)C(C(=O)NC)C1O. The van der Waals surface area contributed by atoms with Crippen LogP contribution in [-0.2, 0) is 20.7 Å². The second-order valence-electron chi connectivity index (χ2n) is 13.1. The van der Waals surface area contributed by atoms with E-state index in [1.165, 1.54) is 24.6 Å². The zero-order valence-corrected chi connectivity index (χ0v) is 27.9. The van der Waals surface area contributed by atoms with Crippen LogP contribution in [0.4, 0.5) is 0 Å². The van der Waals surface area contributed by atoms with Gasteiger partial charge in [-0.05, 0) is 50.1 Å². The third-order valence-corrected chi connectivity index (χ3v) is 9.58. The standard InChI is InChI=1S/C33H56N4O10/c1-19(2)13-14-21(16-37-22(17-38)26(40)30(44)28(42)24(37)32(45)34-3)47-31-27(41)23(18-39)36(25(29(31)43)33(46)35-4)15-9-8-12-20-10-6-5-7-11-20/h5-7,10-11,19,21-31,38-44H,8-9,12-18H2,1-4H3,(H,34,45)(H,35,46). The summed E-state index contributed by atoms with van der Waals surface area (Å²) >= 11 is 0. The highest BCUT2D eigenvalue weighted by Gasteiger charge is 2.53. The number of hydrogen-bond donors (Lipinski definition) is 9. The van der Waals surface area contributed by atoms with E-state index in [4.69, 9.17) is 4.74 Å². The van der Waals surface area contributed by atoms with Crippen LogP contribution in [0.15, 0.2) is 30.3 Å². The Morgan fingerprint density at radius 1 is 0.766 bits per heavy atom. The predicted molar refractivity (Wildman–Crippen MR) is 173 cm³/mol. The van der Waals surface area contributed by atoms with Gasteiger partial charge in [-0.1, -0.05) is 44.2 Å². The average molecular weight is 669 g/mol. The number of hydrogen-bond acceptors (Lipinski definition) is 12. The third-order valence-electron chi connectivity index (χ3n) is 9.58. The lowest BCUT2D eigenvalue weighted by atomic mass is 9.86. The summed E-state index contributed by atoms with van der Waals surface area (Å²) in [6, 6.07) is 5.36. The number of nitrogens with zero attached hydrogens (tertiary/aromatic N) is 2. The van der Waals surface area contributed by atoms with Crippen molar-refractivity contribution in [1.82, 2.24) is 20.4 Å². The molecule has 14 heteroatoms. The van der Waals surface area contributed by atoms with Gasteiger partial charge in [0.05, 0.1) is 31.4 Å². The quantitative estimate of drug-likeness (QED) is 0.0843. The van der Waals surface area contributed by atoms with Crippen molar-refractivity contribution in [3.05, 3.63) is 35.9 Å². The van der Waals surface area contributed by atoms with E-state index in [9.17, 15) is 45.3 Å². The number of rotatable bonds is 16. The van der Waals surface area contributed by atoms with E-state index >= 15 is 0 Å². The molecule has 0 spiro atoms. The number of ether oxygens (including phenoxy) is 1. The summed E-state index contributed by atoms with van der Waals surface area (Å²) in [5.74, 6) is -0.945. The Labute approximate surface area is 277 Å². The first-order valence-electron chi connectivity index (χ1n) is 16.7. The molecule has 0 bridgehead atoms. The van der Waals surface area contributed by atoms with Gasteiger partial charge in [-0.3, -0.25) is 19.4 Å². The van der Waals surface area contributed by atoms with Gasteiger partial charge >= 0.3 is 0 Å². The smallest absolute Gasteiger partial charge is 0.239 e.